The molecule has 8 nitrogen and oxygen atoms in total. The number of sulfonamides is 1. The molecule has 1 saturated heterocycles. The topological polar surface area (TPSA) is 88.2 Å². The summed E-state index contributed by atoms with van der Waals surface area (Å²) in [6.07, 6.45) is 2.48. The number of nitrogens with zero attached hydrogens (tertiary/aromatic N) is 2. The summed E-state index contributed by atoms with van der Waals surface area (Å²) in [6, 6.07) is 4.70. The third-order valence-corrected chi connectivity index (χ3v) is 6.91. The van der Waals surface area contributed by atoms with Crippen LogP contribution in [-0.4, -0.2) is 77.0 Å². The van der Waals surface area contributed by atoms with E-state index in [9.17, 15) is 13.2 Å². The Balaban J connectivity index is 0.00000280. The lowest BCUT2D eigenvalue weighted by Crippen LogP contribution is -2.52. The lowest BCUT2D eigenvalue weighted by Gasteiger charge is -2.34. The highest BCUT2D eigenvalue weighted by atomic mass is 35.5. The molecule has 0 unspecified atom stereocenters. The fourth-order valence-electron chi connectivity index (χ4n) is 3.12. The third-order valence-electron chi connectivity index (χ3n) is 4.99. The first-order chi connectivity index (χ1) is 13.0. The van der Waals surface area contributed by atoms with E-state index in [1.165, 1.54) is 37.4 Å². The number of hydrogen-bond acceptors (Lipinski definition) is 6. The fourth-order valence-corrected chi connectivity index (χ4v) is 4.71. The summed E-state index contributed by atoms with van der Waals surface area (Å²) in [5, 5.41) is 3.19. The van der Waals surface area contributed by atoms with Crippen molar-refractivity contribution in [3.05, 3.63) is 18.2 Å². The van der Waals surface area contributed by atoms with Crippen LogP contribution in [0.3, 0.4) is 0 Å². The number of hydrogen-bond donors (Lipinski definition) is 1. The quantitative estimate of drug-likeness (QED) is 0.657. The smallest absolute Gasteiger partial charge is 0.247 e. The molecule has 0 radical (unpaired) electrons. The maximum absolute atomic E-state index is 13.0. The van der Waals surface area contributed by atoms with Crippen LogP contribution >= 0.6 is 12.4 Å². The number of nitrogens with one attached hydrogen (secondary N) is 1. The maximum Gasteiger partial charge on any atom is 0.247 e. The van der Waals surface area contributed by atoms with Gasteiger partial charge in [-0.2, -0.15) is 4.31 Å². The zero-order chi connectivity index (χ0) is 19.4. The van der Waals surface area contributed by atoms with Crippen molar-refractivity contribution in [2.45, 2.75) is 17.7 Å². The van der Waals surface area contributed by atoms with Crippen molar-refractivity contribution >= 4 is 28.3 Å². The number of piperazine rings is 1. The first-order valence-corrected chi connectivity index (χ1v) is 10.6. The van der Waals surface area contributed by atoms with Gasteiger partial charge < -0.3 is 19.7 Å². The van der Waals surface area contributed by atoms with Crippen LogP contribution in [0.5, 0.6) is 11.5 Å². The Bertz CT molecular complexity index is 777. The normalized spacial score (nSPS) is 17.7. The van der Waals surface area contributed by atoms with Gasteiger partial charge in [0.25, 0.3) is 0 Å². The Morgan fingerprint density at radius 1 is 1.14 bits per heavy atom. The molecule has 1 N–H and O–H groups in total. The van der Waals surface area contributed by atoms with Crippen molar-refractivity contribution in [2.24, 2.45) is 5.92 Å². The van der Waals surface area contributed by atoms with Gasteiger partial charge in [0.05, 0.1) is 20.8 Å². The first-order valence-electron chi connectivity index (χ1n) is 9.16. The lowest BCUT2D eigenvalue weighted by molar-refractivity contribution is -0.131. The van der Waals surface area contributed by atoms with Gasteiger partial charge in [-0.1, -0.05) is 0 Å². The molecule has 1 aliphatic heterocycles. The zero-order valence-electron chi connectivity index (χ0n) is 16.2. The van der Waals surface area contributed by atoms with E-state index in [0.717, 1.165) is 12.5 Å². The summed E-state index contributed by atoms with van der Waals surface area (Å²) >= 11 is 0. The fraction of sp³-hybridized carbons (Fsp3) is 0.611. The second-order valence-corrected chi connectivity index (χ2v) is 8.78. The van der Waals surface area contributed by atoms with Crippen LogP contribution in [0.15, 0.2) is 23.1 Å². The van der Waals surface area contributed by atoms with Gasteiger partial charge in [0, 0.05) is 32.2 Å². The predicted octanol–water partition coefficient (Wildman–Crippen LogP) is 0.958. The summed E-state index contributed by atoms with van der Waals surface area (Å²) in [5.74, 6) is 1.47. The molecule has 10 heteroatoms. The number of methoxy groups -OCH3 is 2. The number of rotatable bonds is 8. The SMILES string of the molecule is COc1ccc(OC)c(S(=O)(=O)N2CCN(C(=O)CNCC3CC3)CC2)c1.Cl. The van der Waals surface area contributed by atoms with Gasteiger partial charge in [0.15, 0.2) is 0 Å². The van der Waals surface area contributed by atoms with Gasteiger partial charge in [0.2, 0.25) is 15.9 Å². The van der Waals surface area contributed by atoms with Gasteiger partial charge in [-0.25, -0.2) is 8.42 Å². The molecule has 2 aliphatic rings. The van der Waals surface area contributed by atoms with Crippen LogP contribution in [0.1, 0.15) is 12.8 Å². The van der Waals surface area contributed by atoms with E-state index in [4.69, 9.17) is 9.47 Å². The van der Waals surface area contributed by atoms with E-state index in [1.54, 1.807) is 17.0 Å². The average Bonchev–Trinajstić information content (AvgIpc) is 3.51. The molecule has 3 rings (SSSR count). The zero-order valence-corrected chi connectivity index (χ0v) is 17.9. The molecular weight excluding hydrogens is 406 g/mol. The first kappa shape index (κ1) is 22.7. The van der Waals surface area contributed by atoms with Gasteiger partial charge in [-0.15, -0.1) is 12.4 Å². The molecule has 1 aromatic rings. The minimum Gasteiger partial charge on any atom is -0.497 e. The molecule has 1 amide bonds. The molecular formula is C18H28ClN3O5S. The molecule has 1 aromatic carbocycles. The summed E-state index contributed by atoms with van der Waals surface area (Å²) in [7, 11) is -0.809. The van der Waals surface area contributed by atoms with E-state index in [2.05, 4.69) is 5.32 Å². The van der Waals surface area contributed by atoms with Gasteiger partial charge in [0.1, 0.15) is 16.4 Å². The van der Waals surface area contributed by atoms with Crippen LogP contribution in [0.25, 0.3) is 0 Å². The minimum absolute atomic E-state index is 0. The van der Waals surface area contributed by atoms with Crippen LogP contribution in [-0.2, 0) is 14.8 Å². The molecule has 0 bridgehead atoms. The van der Waals surface area contributed by atoms with Crippen molar-refractivity contribution in [3.63, 3.8) is 0 Å². The molecule has 1 saturated carbocycles. The van der Waals surface area contributed by atoms with E-state index < -0.39 is 10.0 Å². The summed E-state index contributed by atoms with van der Waals surface area (Å²) in [4.78, 5) is 14.1. The Morgan fingerprint density at radius 3 is 2.39 bits per heavy atom. The predicted molar refractivity (Wildman–Crippen MR) is 108 cm³/mol. The lowest BCUT2D eigenvalue weighted by atomic mass is 10.3. The Hall–Kier alpha value is -1.55. The van der Waals surface area contributed by atoms with Crippen LogP contribution in [0.2, 0.25) is 0 Å². The summed E-state index contributed by atoms with van der Waals surface area (Å²) in [6.45, 7) is 2.49. The molecule has 0 aromatic heterocycles. The van der Waals surface area contributed by atoms with Gasteiger partial charge in [-0.05, 0) is 37.4 Å². The van der Waals surface area contributed by atoms with E-state index in [0.29, 0.717) is 25.4 Å². The maximum atomic E-state index is 13.0. The standard InChI is InChI=1S/C18H27N3O5S.ClH/c1-25-15-5-6-16(26-2)17(11-15)27(23,24)21-9-7-20(8-10-21)18(22)13-19-12-14-3-4-14;/h5-6,11,14,19H,3-4,7-10,12-13H2,1-2H3;1H. The molecule has 2 fully saturated rings. The van der Waals surface area contributed by atoms with Crippen molar-refractivity contribution in [1.82, 2.24) is 14.5 Å². The number of halogens is 1. The van der Waals surface area contributed by atoms with Crippen molar-refractivity contribution in [1.29, 1.82) is 0 Å². The molecule has 0 atom stereocenters. The Morgan fingerprint density at radius 2 is 1.82 bits per heavy atom. The largest absolute Gasteiger partial charge is 0.497 e. The molecule has 1 aliphatic carbocycles. The van der Waals surface area contributed by atoms with E-state index in [1.807, 2.05) is 0 Å². The molecule has 0 spiro atoms. The van der Waals surface area contributed by atoms with Crippen LogP contribution in [0, 0.1) is 5.92 Å². The van der Waals surface area contributed by atoms with Crippen molar-refractivity contribution in [3.8, 4) is 11.5 Å². The monoisotopic (exact) mass is 433 g/mol. The number of carbonyl (C=O) groups excluding carboxylic acids is 1. The highest BCUT2D eigenvalue weighted by molar-refractivity contribution is 7.89. The van der Waals surface area contributed by atoms with Crippen molar-refractivity contribution in [2.75, 3.05) is 53.5 Å². The van der Waals surface area contributed by atoms with Gasteiger partial charge >= 0.3 is 0 Å². The second-order valence-electron chi connectivity index (χ2n) is 6.88. The highest BCUT2D eigenvalue weighted by Crippen LogP contribution is 2.31. The average molecular weight is 434 g/mol. The van der Waals surface area contributed by atoms with Gasteiger partial charge in [-0.3, -0.25) is 4.79 Å². The Labute approximate surface area is 172 Å². The van der Waals surface area contributed by atoms with E-state index >= 15 is 0 Å². The molecule has 1 heterocycles. The highest BCUT2D eigenvalue weighted by Gasteiger charge is 2.32. The molecule has 158 valence electrons. The number of ether oxygens (including phenoxy) is 2. The summed E-state index contributed by atoms with van der Waals surface area (Å²) < 4.78 is 37.8. The summed E-state index contributed by atoms with van der Waals surface area (Å²) in [5.41, 5.74) is 0. The number of benzene rings is 1. The second kappa shape index (κ2) is 9.78. The number of amides is 1. The van der Waals surface area contributed by atoms with Crippen LogP contribution < -0.4 is 14.8 Å². The van der Waals surface area contributed by atoms with Crippen LogP contribution in [0.4, 0.5) is 0 Å². The Kier molecular flexibility index (Phi) is 7.94. The minimum atomic E-state index is -3.73. The molecule has 28 heavy (non-hydrogen) atoms. The number of carbonyl (C=O) groups is 1. The van der Waals surface area contributed by atoms with Crippen molar-refractivity contribution < 1.29 is 22.7 Å². The van der Waals surface area contributed by atoms with E-state index in [-0.39, 0.29) is 42.0 Å². The third kappa shape index (κ3) is 5.28.